The molecule has 0 amide bonds. The van der Waals surface area contributed by atoms with Crippen LogP contribution in [0.25, 0.3) is 0 Å². The molecule has 0 aromatic heterocycles. The van der Waals surface area contributed by atoms with Crippen molar-refractivity contribution in [3.63, 3.8) is 0 Å². The normalized spacial score (nSPS) is 31.6. The van der Waals surface area contributed by atoms with Crippen molar-refractivity contribution in [1.29, 1.82) is 0 Å². The number of hydrogen-bond acceptors (Lipinski definition) is 3. The van der Waals surface area contributed by atoms with E-state index in [2.05, 4.69) is 4.90 Å². The van der Waals surface area contributed by atoms with Crippen molar-refractivity contribution in [3.8, 4) is 0 Å². The molecule has 1 aromatic carbocycles. The molecule has 2 bridgehead atoms. The van der Waals surface area contributed by atoms with E-state index in [0.29, 0.717) is 12.1 Å². The van der Waals surface area contributed by atoms with Gasteiger partial charge >= 0.3 is 0 Å². The predicted molar refractivity (Wildman–Crippen MR) is 73.5 cm³/mol. The van der Waals surface area contributed by atoms with Gasteiger partial charge in [0.15, 0.2) is 0 Å². The molecule has 2 heterocycles. The van der Waals surface area contributed by atoms with E-state index in [4.69, 9.17) is 5.73 Å². The van der Waals surface area contributed by atoms with Crippen molar-refractivity contribution in [2.45, 2.75) is 56.8 Å². The fourth-order valence-electron chi connectivity index (χ4n) is 3.67. The van der Waals surface area contributed by atoms with Crippen LogP contribution in [0.5, 0.6) is 0 Å². The zero-order valence-corrected chi connectivity index (χ0v) is 11.2. The average molecular weight is 264 g/mol. The summed E-state index contributed by atoms with van der Waals surface area (Å²) in [5.74, 6) is -0.236. The second-order valence-corrected chi connectivity index (χ2v) is 5.91. The van der Waals surface area contributed by atoms with Crippen molar-refractivity contribution >= 4 is 5.69 Å². The van der Waals surface area contributed by atoms with E-state index in [1.165, 1.54) is 6.07 Å². The highest BCUT2D eigenvalue weighted by atomic mass is 19.1. The van der Waals surface area contributed by atoms with Gasteiger partial charge in [-0.2, -0.15) is 0 Å². The van der Waals surface area contributed by atoms with Gasteiger partial charge in [-0.1, -0.05) is 0 Å². The molecule has 3 rings (SSSR count). The van der Waals surface area contributed by atoms with Crippen LogP contribution in [-0.4, -0.2) is 23.3 Å². The summed E-state index contributed by atoms with van der Waals surface area (Å²) in [5.41, 5.74) is 7.91. The Labute approximate surface area is 113 Å². The van der Waals surface area contributed by atoms with Crippen molar-refractivity contribution in [2.24, 2.45) is 5.73 Å². The van der Waals surface area contributed by atoms with E-state index >= 15 is 0 Å². The molecule has 3 nitrogen and oxygen atoms in total. The van der Waals surface area contributed by atoms with Crippen LogP contribution in [0.1, 0.15) is 44.2 Å². The van der Waals surface area contributed by atoms with E-state index in [1.54, 1.807) is 6.07 Å². The zero-order valence-electron chi connectivity index (χ0n) is 11.2. The van der Waals surface area contributed by atoms with Gasteiger partial charge in [0.05, 0.1) is 6.10 Å². The summed E-state index contributed by atoms with van der Waals surface area (Å²) >= 11 is 0. The Morgan fingerprint density at radius 1 is 1.32 bits per heavy atom. The Morgan fingerprint density at radius 3 is 2.53 bits per heavy atom. The Balaban J connectivity index is 1.99. The van der Waals surface area contributed by atoms with E-state index < -0.39 is 0 Å². The molecule has 2 unspecified atom stereocenters. The molecule has 3 N–H and O–H groups in total. The molecule has 2 aliphatic rings. The van der Waals surface area contributed by atoms with Gasteiger partial charge in [0.25, 0.3) is 0 Å². The van der Waals surface area contributed by atoms with Gasteiger partial charge in [-0.05, 0) is 56.4 Å². The maximum atomic E-state index is 13.4. The summed E-state index contributed by atoms with van der Waals surface area (Å²) in [7, 11) is 0. The molecule has 1 aromatic rings. The second kappa shape index (κ2) is 4.76. The van der Waals surface area contributed by atoms with Gasteiger partial charge < -0.3 is 15.7 Å². The summed E-state index contributed by atoms with van der Waals surface area (Å²) in [6.45, 7) is 1.89. The maximum Gasteiger partial charge on any atom is 0.123 e. The highest BCUT2D eigenvalue weighted by Gasteiger charge is 2.41. The summed E-state index contributed by atoms with van der Waals surface area (Å²) in [6, 6.07) is 5.46. The lowest BCUT2D eigenvalue weighted by Gasteiger charge is -2.40. The van der Waals surface area contributed by atoms with Gasteiger partial charge in [-0.25, -0.2) is 4.39 Å². The Morgan fingerprint density at radius 2 is 1.95 bits per heavy atom. The third kappa shape index (κ3) is 2.23. The second-order valence-electron chi connectivity index (χ2n) is 5.91. The first-order valence-electron chi connectivity index (χ1n) is 7.07. The fraction of sp³-hybridized carbons (Fsp3) is 0.600. The molecule has 4 heteroatoms. The van der Waals surface area contributed by atoms with Crippen molar-refractivity contribution in [3.05, 3.63) is 29.6 Å². The van der Waals surface area contributed by atoms with Crippen LogP contribution < -0.4 is 10.6 Å². The smallest absolute Gasteiger partial charge is 0.123 e. The first-order chi connectivity index (χ1) is 9.06. The number of fused-ring (bicyclic) bond motifs is 2. The van der Waals surface area contributed by atoms with Crippen LogP contribution in [0.3, 0.4) is 0 Å². The standard InChI is InChI=1S/C15H21FN2O/c1-9(17)14-6-10(16)2-5-15(14)18-11-3-4-12(18)8-13(19)7-11/h2,5-6,9,11-13,19H,3-4,7-8,17H2,1H3/t9-,11?,12?,13?/m0/s1. The van der Waals surface area contributed by atoms with Crippen molar-refractivity contribution < 1.29 is 9.50 Å². The van der Waals surface area contributed by atoms with E-state index in [9.17, 15) is 9.50 Å². The van der Waals surface area contributed by atoms with Crippen LogP contribution in [-0.2, 0) is 0 Å². The van der Waals surface area contributed by atoms with Crippen LogP contribution in [0, 0.1) is 5.82 Å². The average Bonchev–Trinajstić information content (AvgIpc) is 2.62. The molecule has 0 saturated carbocycles. The predicted octanol–water partition coefficient (Wildman–Crippen LogP) is 2.34. The number of halogens is 1. The van der Waals surface area contributed by atoms with Crippen LogP contribution in [0.15, 0.2) is 18.2 Å². The number of aliphatic hydroxyl groups is 1. The van der Waals surface area contributed by atoms with Crippen molar-refractivity contribution in [2.75, 3.05) is 4.90 Å². The summed E-state index contributed by atoms with van der Waals surface area (Å²) in [4.78, 5) is 2.37. The van der Waals surface area contributed by atoms with Gasteiger partial charge in [-0.3, -0.25) is 0 Å². The Kier molecular flexibility index (Phi) is 3.23. The van der Waals surface area contributed by atoms with Gasteiger partial charge in [0, 0.05) is 23.8 Å². The third-order valence-electron chi connectivity index (χ3n) is 4.47. The molecule has 3 atom stereocenters. The topological polar surface area (TPSA) is 49.5 Å². The first kappa shape index (κ1) is 12.9. The molecule has 19 heavy (non-hydrogen) atoms. The minimum Gasteiger partial charge on any atom is -0.393 e. The zero-order chi connectivity index (χ0) is 13.6. The Bertz CT molecular complexity index is 463. The number of nitrogens with two attached hydrogens (primary N) is 1. The monoisotopic (exact) mass is 264 g/mol. The van der Waals surface area contributed by atoms with Crippen LogP contribution in [0.2, 0.25) is 0 Å². The number of nitrogens with zero attached hydrogens (tertiary/aromatic N) is 1. The largest absolute Gasteiger partial charge is 0.393 e. The number of piperidine rings is 1. The lowest BCUT2D eigenvalue weighted by molar-refractivity contribution is 0.126. The van der Waals surface area contributed by atoms with E-state index in [0.717, 1.165) is 36.9 Å². The molecule has 104 valence electrons. The molecule has 2 fully saturated rings. The van der Waals surface area contributed by atoms with Crippen LogP contribution in [0.4, 0.5) is 10.1 Å². The number of anilines is 1. The molecular formula is C15H21FN2O. The minimum absolute atomic E-state index is 0.183. The minimum atomic E-state index is -0.236. The Hall–Kier alpha value is -1.13. The highest BCUT2D eigenvalue weighted by Crippen LogP contribution is 2.41. The third-order valence-corrected chi connectivity index (χ3v) is 4.47. The molecule has 0 aliphatic carbocycles. The SMILES string of the molecule is C[C@H](N)c1cc(F)ccc1N1C2CCC1CC(O)C2. The molecule has 0 radical (unpaired) electrons. The summed E-state index contributed by atoms with van der Waals surface area (Å²) in [5, 5.41) is 9.87. The molecule has 2 saturated heterocycles. The van der Waals surface area contributed by atoms with Crippen LogP contribution >= 0.6 is 0 Å². The lowest BCUT2D eigenvalue weighted by atomic mass is 9.96. The molecule has 2 aliphatic heterocycles. The molecule has 0 spiro atoms. The number of benzene rings is 1. The number of aliphatic hydroxyl groups excluding tert-OH is 1. The maximum absolute atomic E-state index is 13.4. The first-order valence-corrected chi connectivity index (χ1v) is 7.07. The quantitative estimate of drug-likeness (QED) is 0.862. The summed E-state index contributed by atoms with van der Waals surface area (Å²) in [6.07, 6.45) is 3.65. The highest BCUT2D eigenvalue weighted by molar-refractivity contribution is 5.58. The van der Waals surface area contributed by atoms with Gasteiger partial charge in [-0.15, -0.1) is 0 Å². The number of hydrogen-bond donors (Lipinski definition) is 2. The fourth-order valence-corrected chi connectivity index (χ4v) is 3.67. The number of rotatable bonds is 2. The van der Waals surface area contributed by atoms with Gasteiger partial charge in [0.2, 0.25) is 0 Å². The van der Waals surface area contributed by atoms with Crippen molar-refractivity contribution in [1.82, 2.24) is 0 Å². The van der Waals surface area contributed by atoms with E-state index in [1.807, 2.05) is 13.0 Å². The lowest BCUT2D eigenvalue weighted by Crippen LogP contribution is -2.45. The van der Waals surface area contributed by atoms with Gasteiger partial charge in [0.1, 0.15) is 5.82 Å². The summed E-state index contributed by atoms with van der Waals surface area (Å²) < 4.78 is 13.4. The molecular weight excluding hydrogens is 243 g/mol. The van der Waals surface area contributed by atoms with E-state index in [-0.39, 0.29) is 18.0 Å².